The Morgan fingerprint density at radius 3 is 2.32 bits per heavy atom. The highest BCUT2D eigenvalue weighted by Crippen LogP contribution is 2.36. The molecule has 1 aromatic carbocycles. The highest BCUT2D eigenvalue weighted by molar-refractivity contribution is 7.91. The smallest absolute Gasteiger partial charge is 0.258 e. The van der Waals surface area contributed by atoms with E-state index >= 15 is 0 Å². The van der Waals surface area contributed by atoms with Crippen molar-refractivity contribution in [2.75, 3.05) is 0 Å². The zero-order chi connectivity index (χ0) is 16.5. The van der Waals surface area contributed by atoms with Crippen molar-refractivity contribution in [3.05, 3.63) is 55.9 Å². The summed E-state index contributed by atoms with van der Waals surface area (Å²) in [6.07, 6.45) is 0. The van der Waals surface area contributed by atoms with Crippen LogP contribution in [0.25, 0.3) is 0 Å². The van der Waals surface area contributed by atoms with Gasteiger partial charge in [-0.05, 0) is 17.7 Å². The molecule has 2 rings (SSSR count). The van der Waals surface area contributed by atoms with Crippen molar-refractivity contribution < 1.29 is 22.1 Å². The van der Waals surface area contributed by atoms with Crippen molar-refractivity contribution in [1.29, 1.82) is 0 Å². The molecule has 2 aromatic rings. The van der Waals surface area contributed by atoms with Crippen molar-refractivity contribution in [3.63, 3.8) is 0 Å². The maximum Gasteiger partial charge on any atom is 0.300 e. The number of hydrogen-bond acceptors (Lipinski definition) is 5. The van der Waals surface area contributed by atoms with Gasteiger partial charge in [0.15, 0.2) is 4.34 Å². The minimum Gasteiger partial charge on any atom is -0.258 e. The van der Waals surface area contributed by atoms with Gasteiger partial charge < -0.3 is 0 Å². The van der Waals surface area contributed by atoms with E-state index in [1.54, 1.807) is 0 Å². The molecule has 1 heterocycles. The van der Waals surface area contributed by atoms with Crippen LogP contribution < -0.4 is 4.72 Å². The number of nitrogens with one attached hydrogen (secondary N) is 1. The topological polar surface area (TPSA) is 89.3 Å². The first-order valence-electron chi connectivity index (χ1n) is 5.57. The van der Waals surface area contributed by atoms with Crippen LogP contribution in [0.1, 0.15) is 5.56 Å². The third-order valence-corrected chi connectivity index (χ3v) is 5.71. The Morgan fingerprint density at radius 1 is 1.23 bits per heavy atom. The number of hydrogen-bond donors (Lipinski definition) is 1. The zero-order valence-electron chi connectivity index (χ0n) is 10.5. The van der Waals surface area contributed by atoms with E-state index in [0.717, 1.165) is 18.2 Å². The second-order valence-corrected chi connectivity index (χ2v) is 7.73. The molecule has 0 atom stereocenters. The second kappa shape index (κ2) is 6.24. The highest BCUT2D eigenvalue weighted by Gasteiger charge is 2.25. The molecule has 0 saturated heterocycles. The molecule has 0 spiro atoms. The standard InChI is InChI=1S/C11H7ClF2N2O4S2/c12-11-9(16(17)18)4-10(21-11)22(19,20)15-5-6-1-7(13)3-8(14)2-6/h1-4,15H,5H2. The van der Waals surface area contributed by atoms with Gasteiger partial charge in [-0.3, -0.25) is 10.1 Å². The van der Waals surface area contributed by atoms with Gasteiger partial charge >= 0.3 is 0 Å². The predicted molar refractivity (Wildman–Crippen MR) is 76.4 cm³/mol. The van der Waals surface area contributed by atoms with Crippen molar-refractivity contribution >= 4 is 38.6 Å². The lowest BCUT2D eigenvalue weighted by Gasteiger charge is -2.05. The third-order valence-electron chi connectivity index (χ3n) is 2.50. The summed E-state index contributed by atoms with van der Waals surface area (Å²) in [5.41, 5.74) is -0.456. The van der Waals surface area contributed by atoms with Gasteiger partial charge in [0.1, 0.15) is 15.8 Å². The van der Waals surface area contributed by atoms with E-state index in [0.29, 0.717) is 17.4 Å². The molecule has 0 saturated carbocycles. The van der Waals surface area contributed by atoms with Crippen molar-refractivity contribution in [2.45, 2.75) is 10.8 Å². The molecule has 22 heavy (non-hydrogen) atoms. The normalized spacial score (nSPS) is 11.6. The van der Waals surface area contributed by atoms with Crippen LogP contribution in [0.4, 0.5) is 14.5 Å². The molecule has 0 aliphatic rings. The predicted octanol–water partition coefficient (Wildman–Crippen LogP) is 3.07. The Morgan fingerprint density at radius 2 is 1.82 bits per heavy atom. The highest BCUT2D eigenvalue weighted by atomic mass is 35.5. The molecule has 118 valence electrons. The Labute approximate surface area is 132 Å². The summed E-state index contributed by atoms with van der Waals surface area (Å²) in [6, 6.07) is 3.41. The molecule has 0 radical (unpaired) electrons. The van der Waals surface area contributed by atoms with E-state index in [9.17, 15) is 27.3 Å². The Hall–Kier alpha value is -1.62. The van der Waals surface area contributed by atoms with Crippen LogP contribution in [-0.2, 0) is 16.6 Å². The minimum absolute atomic E-state index is 0.0678. The summed E-state index contributed by atoms with van der Waals surface area (Å²) >= 11 is 6.11. The van der Waals surface area contributed by atoms with Crippen LogP contribution in [0.2, 0.25) is 4.34 Å². The average molecular weight is 369 g/mol. The number of nitrogens with zero attached hydrogens (tertiary/aromatic N) is 1. The number of halogens is 3. The van der Waals surface area contributed by atoms with Gasteiger partial charge in [0.05, 0.1) is 4.92 Å². The molecular weight excluding hydrogens is 362 g/mol. The maximum absolute atomic E-state index is 13.0. The molecule has 0 aliphatic heterocycles. The lowest BCUT2D eigenvalue weighted by molar-refractivity contribution is -0.384. The molecule has 0 fully saturated rings. The van der Waals surface area contributed by atoms with Crippen LogP contribution in [0, 0.1) is 21.7 Å². The van der Waals surface area contributed by atoms with E-state index in [-0.39, 0.29) is 20.7 Å². The van der Waals surface area contributed by atoms with Crippen LogP contribution in [-0.4, -0.2) is 13.3 Å². The fraction of sp³-hybridized carbons (Fsp3) is 0.0909. The summed E-state index contributed by atoms with van der Waals surface area (Å²) in [5, 5.41) is 10.6. The summed E-state index contributed by atoms with van der Waals surface area (Å²) in [6.45, 7) is -0.375. The monoisotopic (exact) mass is 368 g/mol. The maximum atomic E-state index is 13.0. The van der Waals surface area contributed by atoms with E-state index in [1.165, 1.54) is 0 Å². The van der Waals surface area contributed by atoms with Crippen molar-refractivity contribution in [2.24, 2.45) is 0 Å². The molecule has 0 amide bonds. The Balaban J connectivity index is 2.21. The van der Waals surface area contributed by atoms with Gasteiger partial charge in [-0.1, -0.05) is 11.6 Å². The van der Waals surface area contributed by atoms with Gasteiger partial charge in [0.2, 0.25) is 0 Å². The van der Waals surface area contributed by atoms with E-state index in [1.807, 2.05) is 0 Å². The lowest BCUT2D eigenvalue weighted by atomic mass is 10.2. The van der Waals surface area contributed by atoms with Gasteiger partial charge in [0, 0.05) is 18.7 Å². The lowest BCUT2D eigenvalue weighted by Crippen LogP contribution is -2.22. The van der Waals surface area contributed by atoms with Crippen LogP contribution in [0.3, 0.4) is 0 Å². The van der Waals surface area contributed by atoms with E-state index in [2.05, 4.69) is 4.72 Å². The van der Waals surface area contributed by atoms with Crippen LogP contribution >= 0.6 is 22.9 Å². The summed E-state index contributed by atoms with van der Waals surface area (Å²) in [4.78, 5) is 9.84. The number of nitro groups is 1. The number of sulfonamides is 1. The molecule has 1 N–H and O–H groups in total. The average Bonchev–Trinajstić information content (AvgIpc) is 2.78. The van der Waals surface area contributed by atoms with Gasteiger partial charge in [-0.25, -0.2) is 21.9 Å². The molecule has 11 heteroatoms. The molecule has 0 aliphatic carbocycles. The third kappa shape index (κ3) is 3.77. The van der Waals surface area contributed by atoms with Gasteiger partial charge in [0.25, 0.3) is 15.7 Å². The molecule has 0 unspecified atom stereocenters. The fourth-order valence-electron chi connectivity index (χ4n) is 1.56. The number of benzene rings is 1. The Kier molecular flexibility index (Phi) is 4.75. The number of rotatable bonds is 5. The van der Waals surface area contributed by atoms with Gasteiger partial charge in [-0.2, -0.15) is 0 Å². The minimum atomic E-state index is -4.08. The fourth-order valence-corrected chi connectivity index (χ4v) is 4.28. The van der Waals surface area contributed by atoms with Crippen molar-refractivity contribution in [1.82, 2.24) is 4.72 Å². The molecule has 6 nitrogen and oxygen atoms in total. The Bertz CT molecular complexity index is 818. The summed E-state index contributed by atoms with van der Waals surface area (Å²) in [7, 11) is -4.08. The summed E-state index contributed by atoms with van der Waals surface area (Å²) in [5.74, 6) is -1.69. The molecule has 1 aromatic heterocycles. The largest absolute Gasteiger partial charge is 0.300 e. The van der Waals surface area contributed by atoms with Gasteiger partial charge in [-0.15, -0.1) is 11.3 Å². The van der Waals surface area contributed by atoms with E-state index in [4.69, 9.17) is 11.6 Å². The summed E-state index contributed by atoms with van der Waals surface area (Å²) < 4.78 is 51.5. The molecular formula is C11H7ClF2N2O4S2. The first-order chi connectivity index (χ1) is 10.2. The van der Waals surface area contributed by atoms with E-state index < -0.39 is 32.3 Å². The van der Waals surface area contributed by atoms with Crippen LogP contribution in [0.5, 0.6) is 0 Å². The first kappa shape index (κ1) is 16.7. The van der Waals surface area contributed by atoms with Crippen LogP contribution in [0.15, 0.2) is 28.5 Å². The number of thiophene rings is 1. The SMILES string of the molecule is O=[N+]([O-])c1cc(S(=O)(=O)NCc2cc(F)cc(F)c2)sc1Cl. The zero-order valence-corrected chi connectivity index (χ0v) is 12.9. The quantitative estimate of drug-likeness (QED) is 0.648. The second-order valence-electron chi connectivity index (χ2n) is 4.08. The first-order valence-corrected chi connectivity index (χ1v) is 8.25. The van der Waals surface area contributed by atoms with Crippen molar-refractivity contribution in [3.8, 4) is 0 Å². The molecule has 0 bridgehead atoms.